The summed E-state index contributed by atoms with van der Waals surface area (Å²) >= 11 is 0. The van der Waals surface area contributed by atoms with Crippen molar-refractivity contribution in [2.45, 2.75) is 26.6 Å². The fourth-order valence-electron chi connectivity index (χ4n) is 2.75. The number of hydrogen-bond acceptors (Lipinski definition) is 2. The van der Waals surface area contributed by atoms with Gasteiger partial charge in [0.1, 0.15) is 0 Å². The molecule has 1 heterocycles. The monoisotopic (exact) mass is 346 g/mol. The predicted octanol–water partition coefficient (Wildman–Crippen LogP) is 4.78. The van der Waals surface area contributed by atoms with Crippen molar-refractivity contribution in [2.75, 3.05) is 5.32 Å². The second-order valence-electron chi connectivity index (χ2n) is 6.04. The zero-order chi connectivity index (χ0) is 18.2. The van der Waals surface area contributed by atoms with E-state index in [1.165, 1.54) is 6.07 Å². The van der Waals surface area contributed by atoms with Gasteiger partial charge in [-0.1, -0.05) is 18.2 Å². The van der Waals surface area contributed by atoms with Crippen LogP contribution in [0.4, 0.5) is 18.9 Å². The Hall–Kier alpha value is -2.76. The summed E-state index contributed by atoms with van der Waals surface area (Å²) < 4.78 is 38.3. The van der Waals surface area contributed by atoms with Crippen molar-refractivity contribution in [1.29, 1.82) is 0 Å². The van der Waals surface area contributed by atoms with Gasteiger partial charge >= 0.3 is 6.18 Å². The average Bonchev–Trinajstić information content (AvgIpc) is 2.56. The lowest BCUT2D eigenvalue weighted by atomic mass is 10.0. The van der Waals surface area contributed by atoms with Gasteiger partial charge in [-0.25, -0.2) is 0 Å². The van der Waals surface area contributed by atoms with Gasteiger partial charge in [0, 0.05) is 23.2 Å². The lowest BCUT2D eigenvalue weighted by molar-refractivity contribution is -0.137. The number of H-pyrrole nitrogens is 1. The predicted molar refractivity (Wildman–Crippen MR) is 92.8 cm³/mol. The van der Waals surface area contributed by atoms with Gasteiger partial charge in [-0.2, -0.15) is 13.2 Å². The van der Waals surface area contributed by atoms with E-state index < -0.39 is 11.7 Å². The minimum absolute atomic E-state index is 0.139. The lowest BCUT2D eigenvalue weighted by Gasteiger charge is -2.12. The van der Waals surface area contributed by atoms with E-state index in [1.54, 1.807) is 12.1 Å². The first-order valence-corrected chi connectivity index (χ1v) is 7.79. The van der Waals surface area contributed by atoms with Gasteiger partial charge in [0.25, 0.3) is 5.56 Å². The Morgan fingerprint density at radius 1 is 1.04 bits per heavy atom. The molecule has 2 aromatic carbocycles. The first-order valence-electron chi connectivity index (χ1n) is 7.79. The van der Waals surface area contributed by atoms with E-state index >= 15 is 0 Å². The molecule has 0 bridgehead atoms. The summed E-state index contributed by atoms with van der Waals surface area (Å²) in [6, 6.07) is 10.6. The summed E-state index contributed by atoms with van der Waals surface area (Å²) in [7, 11) is 0. The molecule has 0 unspecified atom stereocenters. The summed E-state index contributed by atoms with van der Waals surface area (Å²) in [6.07, 6.45) is -4.40. The van der Waals surface area contributed by atoms with Crippen molar-refractivity contribution in [3.8, 4) is 0 Å². The van der Waals surface area contributed by atoms with Gasteiger partial charge in [-0.3, -0.25) is 4.79 Å². The molecular weight excluding hydrogens is 329 g/mol. The Bertz CT molecular complexity index is 990. The number of anilines is 1. The molecule has 0 saturated carbocycles. The summed E-state index contributed by atoms with van der Waals surface area (Å²) in [4.78, 5) is 15.1. The maximum Gasteiger partial charge on any atom is 0.416 e. The summed E-state index contributed by atoms with van der Waals surface area (Å²) in [5.41, 5.74) is 2.59. The largest absolute Gasteiger partial charge is 0.416 e. The third-order valence-electron chi connectivity index (χ3n) is 4.19. The molecule has 0 saturated heterocycles. The van der Waals surface area contributed by atoms with Crippen LogP contribution in [-0.2, 0) is 12.7 Å². The quantitative estimate of drug-likeness (QED) is 0.717. The highest BCUT2D eigenvalue weighted by atomic mass is 19.4. The third-order valence-corrected chi connectivity index (χ3v) is 4.19. The molecule has 0 aliphatic heterocycles. The zero-order valence-electron chi connectivity index (χ0n) is 13.8. The van der Waals surface area contributed by atoms with Gasteiger partial charge in [-0.15, -0.1) is 0 Å². The minimum Gasteiger partial charge on any atom is -0.381 e. The molecule has 0 fully saturated rings. The average molecular weight is 346 g/mol. The van der Waals surface area contributed by atoms with Gasteiger partial charge in [0.05, 0.1) is 11.1 Å². The SMILES string of the molecule is Cc1ccc(C)c2[nH]c(=O)c(CNc3cccc(C(F)(F)F)c3)cc12. The highest BCUT2D eigenvalue weighted by Gasteiger charge is 2.30. The fraction of sp³-hybridized carbons (Fsp3) is 0.211. The Morgan fingerprint density at radius 2 is 1.76 bits per heavy atom. The topological polar surface area (TPSA) is 44.9 Å². The Labute approximate surface area is 142 Å². The van der Waals surface area contributed by atoms with Crippen LogP contribution >= 0.6 is 0 Å². The number of pyridine rings is 1. The van der Waals surface area contributed by atoms with Crippen LogP contribution in [0.1, 0.15) is 22.3 Å². The Morgan fingerprint density at radius 3 is 2.48 bits per heavy atom. The van der Waals surface area contributed by atoms with E-state index in [9.17, 15) is 18.0 Å². The first-order chi connectivity index (χ1) is 11.8. The molecule has 0 aliphatic carbocycles. The number of rotatable bonds is 3. The molecule has 0 radical (unpaired) electrons. The van der Waals surface area contributed by atoms with E-state index in [4.69, 9.17) is 0 Å². The van der Waals surface area contributed by atoms with E-state index in [2.05, 4.69) is 10.3 Å². The molecule has 0 aliphatic rings. The molecule has 3 nitrogen and oxygen atoms in total. The van der Waals surface area contributed by atoms with Crippen LogP contribution in [0.5, 0.6) is 0 Å². The summed E-state index contributed by atoms with van der Waals surface area (Å²) in [5.74, 6) is 0. The van der Waals surface area contributed by atoms with E-state index in [0.717, 1.165) is 34.2 Å². The number of benzene rings is 2. The minimum atomic E-state index is -4.40. The summed E-state index contributed by atoms with van der Waals surface area (Å²) in [6.45, 7) is 4.00. The number of alkyl halides is 3. The standard InChI is InChI=1S/C19H17F3N2O/c1-11-6-7-12(2)17-16(11)8-13(18(25)24-17)10-23-15-5-3-4-14(9-15)19(20,21)22/h3-9,23H,10H2,1-2H3,(H,24,25). The Kier molecular flexibility index (Phi) is 4.29. The molecule has 3 rings (SSSR count). The van der Waals surface area contributed by atoms with Crippen molar-refractivity contribution < 1.29 is 13.2 Å². The molecule has 3 aromatic rings. The van der Waals surface area contributed by atoms with E-state index in [1.807, 2.05) is 26.0 Å². The normalized spacial score (nSPS) is 11.7. The highest BCUT2D eigenvalue weighted by Crippen LogP contribution is 2.30. The number of fused-ring (bicyclic) bond motifs is 1. The molecule has 0 amide bonds. The van der Waals surface area contributed by atoms with Crippen molar-refractivity contribution in [3.05, 3.63) is 75.1 Å². The maximum atomic E-state index is 12.8. The Balaban J connectivity index is 1.90. The molecule has 25 heavy (non-hydrogen) atoms. The molecule has 130 valence electrons. The van der Waals surface area contributed by atoms with Crippen LogP contribution in [0.3, 0.4) is 0 Å². The van der Waals surface area contributed by atoms with Crippen LogP contribution in [-0.4, -0.2) is 4.98 Å². The molecule has 2 N–H and O–H groups in total. The van der Waals surface area contributed by atoms with Crippen LogP contribution in [0.2, 0.25) is 0 Å². The van der Waals surface area contributed by atoms with Crippen molar-refractivity contribution in [3.63, 3.8) is 0 Å². The van der Waals surface area contributed by atoms with E-state index in [-0.39, 0.29) is 12.1 Å². The smallest absolute Gasteiger partial charge is 0.381 e. The van der Waals surface area contributed by atoms with Crippen molar-refractivity contribution in [2.24, 2.45) is 0 Å². The molecular formula is C19H17F3N2O. The summed E-state index contributed by atoms with van der Waals surface area (Å²) in [5, 5.41) is 3.82. The zero-order valence-corrected chi connectivity index (χ0v) is 13.8. The number of hydrogen-bond donors (Lipinski definition) is 2. The van der Waals surface area contributed by atoms with Crippen molar-refractivity contribution >= 4 is 16.6 Å². The molecule has 0 atom stereocenters. The molecule has 0 spiro atoms. The maximum absolute atomic E-state index is 12.8. The fourth-order valence-corrected chi connectivity index (χ4v) is 2.75. The second kappa shape index (κ2) is 6.27. The van der Waals surface area contributed by atoms with Gasteiger partial charge in [0.15, 0.2) is 0 Å². The number of aryl methyl sites for hydroxylation is 2. The number of halogens is 3. The number of nitrogens with one attached hydrogen (secondary N) is 2. The van der Waals surface area contributed by atoms with Crippen molar-refractivity contribution in [1.82, 2.24) is 4.98 Å². The first kappa shape index (κ1) is 17.1. The molecule has 6 heteroatoms. The third kappa shape index (κ3) is 3.52. The van der Waals surface area contributed by atoms with Gasteiger partial charge in [0.2, 0.25) is 0 Å². The number of aromatic nitrogens is 1. The molecule has 1 aromatic heterocycles. The van der Waals surface area contributed by atoms with Gasteiger partial charge in [-0.05, 0) is 49.2 Å². The van der Waals surface area contributed by atoms with Crippen LogP contribution < -0.4 is 10.9 Å². The highest BCUT2D eigenvalue weighted by molar-refractivity contribution is 5.85. The van der Waals surface area contributed by atoms with Crippen LogP contribution in [0, 0.1) is 13.8 Å². The van der Waals surface area contributed by atoms with E-state index in [0.29, 0.717) is 11.3 Å². The lowest BCUT2D eigenvalue weighted by Crippen LogP contribution is -2.16. The van der Waals surface area contributed by atoms with Gasteiger partial charge < -0.3 is 10.3 Å². The van der Waals surface area contributed by atoms with Crippen LogP contribution in [0.25, 0.3) is 10.9 Å². The second-order valence-corrected chi connectivity index (χ2v) is 6.04. The van der Waals surface area contributed by atoms with Crippen LogP contribution in [0.15, 0.2) is 47.3 Å². The number of aromatic amines is 1.